The van der Waals surface area contributed by atoms with Crippen molar-refractivity contribution in [3.8, 4) is 5.75 Å². The van der Waals surface area contributed by atoms with Gasteiger partial charge in [-0.15, -0.1) is 0 Å². The van der Waals surface area contributed by atoms with Crippen LogP contribution in [0.2, 0.25) is 0 Å². The third-order valence-corrected chi connectivity index (χ3v) is 2.92. The van der Waals surface area contributed by atoms with Crippen LogP contribution in [0, 0.1) is 0 Å². The van der Waals surface area contributed by atoms with Gasteiger partial charge in [0, 0.05) is 6.54 Å². The molecule has 0 atom stereocenters. The molecule has 0 radical (unpaired) electrons. The van der Waals surface area contributed by atoms with Crippen molar-refractivity contribution in [1.29, 1.82) is 0 Å². The molecule has 0 amide bonds. The molecule has 0 aliphatic rings. The molecule has 0 saturated carbocycles. The lowest BCUT2D eigenvalue weighted by Crippen LogP contribution is -2.09. The second kappa shape index (κ2) is 6.74. The van der Waals surface area contributed by atoms with E-state index in [1.54, 1.807) is 16.8 Å². The molecular weight excluding hydrogens is 272 g/mol. The molecular formula is C14H18N4O3. The van der Waals surface area contributed by atoms with E-state index in [-0.39, 0.29) is 6.61 Å². The Morgan fingerprint density at radius 1 is 1.43 bits per heavy atom. The van der Waals surface area contributed by atoms with E-state index in [1.165, 1.54) is 19.5 Å². The van der Waals surface area contributed by atoms with Gasteiger partial charge in [0.2, 0.25) is 0 Å². The van der Waals surface area contributed by atoms with Crippen LogP contribution >= 0.6 is 0 Å². The number of aryl methyl sites for hydroxylation is 1. The van der Waals surface area contributed by atoms with Crippen molar-refractivity contribution >= 4 is 11.7 Å². The summed E-state index contributed by atoms with van der Waals surface area (Å²) in [6, 6.07) is 4.77. The fourth-order valence-electron chi connectivity index (χ4n) is 1.87. The first kappa shape index (κ1) is 14.8. The Hall–Kier alpha value is -2.57. The largest absolute Gasteiger partial charge is 0.483 e. The first-order chi connectivity index (χ1) is 10.2. The van der Waals surface area contributed by atoms with Gasteiger partial charge in [0.1, 0.15) is 18.7 Å². The van der Waals surface area contributed by atoms with Crippen molar-refractivity contribution in [3.05, 3.63) is 35.9 Å². The molecule has 1 aromatic heterocycles. The smallest absolute Gasteiger partial charge is 0.337 e. The summed E-state index contributed by atoms with van der Waals surface area (Å²) in [6.45, 7) is 3.12. The highest BCUT2D eigenvalue weighted by Crippen LogP contribution is 2.23. The topological polar surface area (TPSA) is 92.3 Å². The number of benzene rings is 1. The van der Waals surface area contributed by atoms with Gasteiger partial charge in [-0.3, -0.25) is 0 Å². The van der Waals surface area contributed by atoms with Crippen LogP contribution in [0.1, 0.15) is 29.5 Å². The second-order valence-electron chi connectivity index (χ2n) is 4.43. The summed E-state index contributed by atoms with van der Waals surface area (Å²) >= 11 is 0. The highest BCUT2D eigenvalue weighted by atomic mass is 16.5. The van der Waals surface area contributed by atoms with Gasteiger partial charge in [-0.2, -0.15) is 5.10 Å². The van der Waals surface area contributed by atoms with E-state index in [2.05, 4.69) is 21.7 Å². The SMILES string of the molecule is CCCn1ncnc1COc1ccc(C(=O)OC)cc1N. The van der Waals surface area contributed by atoms with Crippen LogP contribution in [0.4, 0.5) is 5.69 Å². The standard InChI is InChI=1S/C14H18N4O3/c1-3-6-18-13(16-9-17-18)8-21-12-5-4-10(7-11(12)15)14(19)20-2/h4-5,7,9H,3,6,8,15H2,1-2H3. The van der Waals surface area contributed by atoms with Gasteiger partial charge in [-0.05, 0) is 24.6 Å². The van der Waals surface area contributed by atoms with Crippen LogP contribution in [0.15, 0.2) is 24.5 Å². The highest BCUT2D eigenvalue weighted by molar-refractivity contribution is 5.90. The summed E-state index contributed by atoms with van der Waals surface area (Å²) in [5.74, 6) is 0.790. The van der Waals surface area contributed by atoms with Gasteiger partial charge in [-0.1, -0.05) is 6.92 Å². The Balaban J connectivity index is 2.06. The van der Waals surface area contributed by atoms with E-state index < -0.39 is 5.97 Å². The molecule has 0 unspecified atom stereocenters. The second-order valence-corrected chi connectivity index (χ2v) is 4.43. The number of nitrogen functional groups attached to an aromatic ring is 1. The summed E-state index contributed by atoms with van der Waals surface area (Å²) in [6.07, 6.45) is 2.46. The maximum atomic E-state index is 11.4. The number of aromatic nitrogens is 3. The van der Waals surface area contributed by atoms with E-state index in [4.69, 9.17) is 10.5 Å². The van der Waals surface area contributed by atoms with Crippen molar-refractivity contribution in [3.63, 3.8) is 0 Å². The molecule has 0 fully saturated rings. The normalized spacial score (nSPS) is 10.4. The molecule has 0 saturated heterocycles. The number of rotatable bonds is 6. The number of methoxy groups -OCH3 is 1. The highest BCUT2D eigenvalue weighted by Gasteiger charge is 2.10. The van der Waals surface area contributed by atoms with Crippen LogP contribution < -0.4 is 10.5 Å². The number of anilines is 1. The molecule has 7 heteroatoms. The van der Waals surface area contributed by atoms with Gasteiger partial charge in [0.25, 0.3) is 0 Å². The molecule has 0 aliphatic carbocycles. The number of hydrogen-bond donors (Lipinski definition) is 1. The molecule has 2 aromatic rings. The van der Waals surface area contributed by atoms with Gasteiger partial charge >= 0.3 is 5.97 Å². The molecule has 112 valence electrons. The first-order valence-corrected chi connectivity index (χ1v) is 6.63. The summed E-state index contributed by atoms with van der Waals surface area (Å²) in [7, 11) is 1.32. The van der Waals surface area contributed by atoms with Gasteiger partial charge in [0.15, 0.2) is 5.82 Å². The van der Waals surface area contributed by atoms with E-state index in [0.717, 1.165) is 18.8 Å². The first-order valence-electron chi connectivity index (χ1n) is 6.63. The molecule has 1 heterocycles. The monoisotopic (exact) mass is 290 g/mol. The Morgan fingerprint density at radius 3 is 2.90 bits per heavy atom. The average Bonchev–Trinajstić information content (AvgIpc) is 2.93. The molecule has 0 spiro atoms. The van der Waals surface area contributed by atoms with Crippen LogP contribution in [0.3, 0.4) is 0 Å². The summed E-state index contributed by atoms with van der Waals surface area (Å²) in [5.41, 5.74) is 6.63. The Labute approximate surface area is 122 Å². The van der Waals surface area contributed by atoms with Crippen LogP contribution in [-0.2, 0) is 17.9 Å². The molecule has 21 heavy (non-hydrogen) atoms. The van der Waals surface area contributed by atoms with Crippen molar-refractivity contribution in [2.24, 2.45) is 0 Å². The Morgan fingerprint density at radius 2 is 2.24 bits per heavy atom. The van der Waals surface area contributed by atoms with E-state index in [0.29, 0.717) is 17.0 Å². The third kappa shape index (κ3) is 3.50. The lowest BCUT2D eigenvalue weighted by Gasteiger charge is -2.10. The number of carbonyl (C=O) groups is 1. The minimum atomic E-state index is -0.434. The number of ether oxygens (including phenoxy) is 2. The van der Waals surface area contributed by atoms with E-state index in [9.17, 15) is 4.79 Å². The summed E-state index contributed by atoms with van der Waals surface area (Å²) < 4.78 is 12.1. The van der Waals surface area contributed by atoms with Crippen molar-refractivity contribution in [2.45, 2.75) is 26.5 Å². The van der Waals surface area contributed by atoms with Crippen LogP contribution in [0.5, 0.6) is 5.75 Å². The molecule has 2 N–H and O–H groups in total. The lowest BCUT2D eigenvalue weighted by atomic mass is 10.2. The zero-order valence-corrected chi connectivity index (χ0v) is 12.1. The van der Waals surface area contributed by atoms with Gasteiger partial charge in [-0.25, -0.2) is 14.5 Å². The average molecular weight is 290 g/mol. The van der Waals surface area contributed by atoms with Crippen LogP contribution in [0.25, 0.3) is 0 Å². The Kier molecular flexibility index (Phi) is 4.76. The summed E-state index contributed by atoms with van der Waals surface area (Å²) in [4.78, 5) is 15.5. The number of hydrogen-bond acceptors (Lipinski definition) is 6. The fraction of sp³-hybridized carbons (Fsp3) is 0.357. The van der Waals surface area contributed by atoms with Crippen LogP contribution in [-0.4, -0.2) is 27.8 Å². The molecule has 0 bridgehead atoms. The molecule has 7 nitrogen and oxygen atoms in total. The Bertz CT molecular complexity index is 624. The number of esters is 1. The fourth-order valence-corrected chi connectivity index (χ4v) is 1.87. The zero-order chi connectivity index (χ0) is 15.2. The van der Waals surface area contributed by atoms with Gasteiger partial charge in [0.05, 0.1) is 18.4 Å². The lowest BCUT2D eigenvalue weighted by molar-refractivity contribution is 0.0600. The number of nitrogens with two attached hydrogens (primary N) is 1. The summed E-state index contributed by atoms with van der Waals surface area (Å²) in [5, 5.41) is 4.12. The van der Waals surface area contributed by atoms with Gasteiger partial charge < -0.3 is 15.2 Å². The maximum absolute atomic E-state index is 11.4. The maximum Gasteiger partial charge on any atom is 0.337 e. The predicted octanol–water partition coefficient (Wildman–Crippen LogP) is 1.64. The van der Waals surface area contributed by atoms with Crippen molar-refractivity contribution in [1.82, 2.24) is 14.8 Å². The van der Waals surface area contributed by atoms with E-state index >= 15 is 0 Å². The minimum absolute atomic E-state index is 0.266. The molecule has 1 aromatic carbocycles. The zero-order valence-electron chi connectivity index (χ0n) is 12.1. The van der Waals surface area contributed by atoms with Crippen molar-refractivity contribution in [2.75, 3.05) is 12.8 Å². The number of nitrogens with zero attached hydrogens (tertiary/aromatic N) is 3. The minimum Gasteiger partial charge on any atom is -0.483 e. The van der Waals surface area contributed by atoms with Crippen molar-refractivity contribution < 1.29 is 14.3 Å². The third-order valence-electron chi connectivity index (χ3n) is 2.92. The quantitative estimate of drug-likeness (QED) is 0.642. The van der Waals surface area contributed by atoms with E-state index in [1.807, 2.05) is 0 Å². The molecule has 0 aliphatic heterocycles. The number of carbonyl (C=O) groups excluding carboxylic acids is 1. The predicted molar refractivity (Wildman–Crippen MR) is 76.8 cm³/mol. The molecule has 2 rings (SSSR count).